The molecule has 0 unspecified atom stereocenters. The van der Waals surface area contributed by atoms with Gasteiger partial charge in [-0.15, -0.1) is 5.60 Å². The molecule has 0 spiro atoms. The smallest absolute Gasteiger partial charge is 1.00 e. The molecule has 0 bridgehead atoms. The Morgan fingerprint density at radius 3 is 1.86 bits per heavy atom. The van der Waals surface area contributed by atoms with E-state index in [4.69, 9.17) is 0 Å². The summed E-state index contributed by atoms with van der Waals surface area (Å²) in [6.07, 6.45) is 7.61. The van der Waals surface area contributed by atoms with Crippen molar-refractivity contribution in [1.82, 2.24) is 0 Å². The Morgan fingerprint density at radius 1 is 1.07 bits per heavy atom. The summed E-state index contributed by atoms with van der Waals surface area (Å²) in [6.45, 7) is 4.31. The third-order valence-corrected chi connectivity index (χ3v) is 2.80. The normalized spacial score (nSPS) is 20.6. The Kier molecular flexibility index (Phi) is 10.5. The molecule has 1 fully saturated rings. The van der Waals surface area contributed by atoms with Gasteiger partial charge in [0.05, 0.1) is 0 Å². The van der Waals surface area contributed by atoms with Crippen LogP contribution in [0, 0.1) is 5.92 Å². The minimum atomic E-state index is -0.565. The molecule has 1 aliphatic carbocycles. The first kappa shape index (κ1) is 17.6. The van der Waals surface area contributed by atoms with Gasteiger partial charge in [-0.2, -0.15) is 0 Å². The average molecular weight is 273 g/mol. The van der Waals surface area contributed by atoms with Crippen molar-refractivity contribution < 1.29 is 22.1 Å². The predicted molar refractivity (Wildman–Crippen MR) is 55.6 cm³/mol. The standard InChI is InChI=1S/C11H21O.BrH.Mg/c1-10(2)9-11(12)7-5-3-4-6-8-11;;/h10H,3-9H2,1-2H3;1H;/q-1;;+2/p-1. The van der Waals surface area contributed by atoms with Crippen molar-refractivity contribution in [3.8, 4) is 0 Å². The first-order valence-corrected chi connectivity index (χ1v) is 5.33. The number of rotatable bonds is 2. The number of hydrogen-bond acceptors (Lipinski definition) is 1. The van der Waals surface area contributed by atoms with E-state index in [9.17, 15) is 5.11 Å². The van der Waals surface area contributed by atoms with Gasteiger partial charge in [0, 0.05) is 0 Å². The molecule has 3 heteroatoms. The molecule has 0 aliphatic heterocycles. The third-order valence-electron chi connectivity index (χ3n) is 2.80. The molecule has 1 rings (SSSR count). The van der Waals surface area contributed by atoms with E-state index in [0.717, 1.165) is 32.1 Å². The van der Waals surface area contributed by atoms with Crippen LogP contribution >= 0.6 is 0 Å². The summed E-state index contributed by atoms with van der Waals surface area (Å²) in [7, 11) is 0. The van der Waals surface area contributed by atoms with E-state index in [2.05, 4.69) is 13.8 Å². The van der Waals surface area contributed by atoms with Crippen LogP contribution in [0.15, 0.2) is 0 Å². The van der Waals surface area contributed by atoms with Crippen LogP contribution in [-0.4, -0.2) is 28.7 Å². The zero-order chi connectivity index (χ0) is 9.03. The summed E-state index contributed by atoms with van der Waals surface area (Å²) in [6, 6.07) is 0. The first-order valence-electron chi connectivity index (χ1n) is 5.33. The van der Waals surface area contributed by atoms with Crippen molar-refractivity contribution in [2.45, 2.75) is 64.4 Å². The molecule has 0 saturated heterocycles. The predicted octanol–water partition coefficient (Wildman–Crippen LogP) is -0.891. The second-order valence-electron chi connectivity index (χ2n) is 4.70. The van der Waals surface area contributed by atoms with Crippen LogP contribution in [0.2, 0.25) is 0 Å². The maximum atomic E-state index is 12.2. The van der Waals surface area contributed by atoms with Gasteiger partial charge in [-0.1, -0.05) is 58.8 Å². The molecule has 80 valence electrons. The van der Waals surface area contributed by atoms with Crippen molar-refractivity contribution in [1.29, 1.82) is 0 Å². The monoisotopic (exact) mass is 272 g/mol. The molecule has 0 heterocycles. The van der Waals surface area contributed by atoms with Crippen LogP contribution in [0.4, 0.5) is 0 Å². The van der Waals surface area contributed by atoms with Crippen LogP contribution in [0.3, 0.4) is 0 Å². The zero-order valence-electron chi connectivity index (χ0n) is 9.52. The molecule has 14 heavy (non-hydrogen) atoms. The second kappa shape index (κ2) is 8.37. The number of hydrogen-bond donors (Lipinski definition) is 0. The third kappa shape index (κ3) is 6.65. The van der Waals surface area contributed by atoms with Crippen LogP contribution in [0.5, 0.6) is 0 Å². The Bertz CT molecular complexity index is 131. The van der Waals surface area contributed by atoms with Gasteiger partial charge in [0.15, 0.2) is 0 Å². The van der Waals surface area contributed by atoms with E-state index in [1.54, 1.807) is 0 Å². The van der Waals surface area contributed by atoms with Crippen molar-refractivity contribution in [3.05, 3.63) is 0 Å². The minimum Gasteiger partial charge on any atom is -1.00 e. The first-order chi connectivity index (χ1) is 5.62. The summed E-state index contributed by atoms with van der Waals surface area (Å²) in [4.78, 5) is 0. The maximum Gasteiger partial charge on any atom is 2.00 e. The van der Waals surface area contributed by atoms with Crippen molar-refractivity contribution >= 4 is 23.1 Å². The van der Waals surface area contributed by atoms with Gasteiger partial charge in [0.2, 0.25) is 0 Å². The quantitative estimate of drug-likeness (QED) is 0.473. The summed E-state index contributed by atoms with van der Waals surface area (Å²) < 4.78 is 0. The van der Waals surface area contributed by atoms with Gasteiger partial charge in [-0.3, -0.25) is 0 Å². The Morgan fingerprint density at radius 2 is 1.50 bits per heavy atom. The Hall–Kier alpha value is 1.21. The second-order valence-corrected chi connectivity index (χ2v) is 4.70. The van der Waals surface area contributed by atoms with Crippen molar-refractivity contribution in [2.75, 3.05) is 0 Å². The van der Waals surface area contributed by atoms with E-state index in [0.29, 0.717) is 5.92 Å². The zero-order valence-corrected chi connectivity index (χ0v) is 12.5. The van der Waals surface area contributed by atoms with Gasteiger partial charge < -0.3 is 22.1 Å². The van der Waals surface area contributed by atoms with Crippen LogP contribution in [0.25, 0.3) is 0 Å². The molecule has 0 aromatic heterocycles. The van der Waals surface area contributed by atoms with Gasteiger partial charge in [0.1, 0.15) is 0 Å². The minimum absolute atomic E-state index is 0. The largest absolute Gasteiger partial charge is 2.00 e. The number of halogens is 1. The molecule has 0 amide bonds. The summed E-state index contributed by atoms with van der Waals surface area (Å²) in [5.41, 5.74) is -0.565. The van der Waals surface area contributed by atoms with Gasteiger partial charge in [-0.05, 0) is 5.92 Å². The molecule has 0 radical (unpaired) electrons. The molecular formula is C11H21BrMgO. The van der Waals surface area contributed by atoms with Gasteiger partial charge >= 0.3 is 23.1 Å². The Labute approximate surface area is 115 Å². The summed E-state index contributed by atoms with van der Waals surface area (Å²) in [5, 5.41) is 12.2. The van der Waals surface area contributed by atoms with E-state index in [-0.39, 0.29) is 40.0 Å². The fourth-order valence-corrected chi connectivity index (χ4v) is 2.32. The van der Waals surface area contributed by atoms with Gasteiger partial charge in [-0.25, -0.2) is 0 Å². The van der Waals surface area contributed by atoms with E-state index in [1.165, 1.54) is 12.8 Å². The topological polar surface area (TPSA) is 23.1 Å². The molecule has 1 aliphatic rings. The SMILES string of the molecule is CC(C)CC1([O-])CCCCCC1.[Br-].[Mg+2]. The van der Waals surface area contributed by atoms with E-state index < -0.39 is 5.60 Å². The van der Waals surface area contributed by atoms with Crippen molar-refractivity contribution in [2.24, 2.45) is 5.92 Å². The van der Waals surface area contributed by atoms with Crippen LogP contribution in [-0.2, 0) is 0 Å². The molecule has 0 aromatic carbocycles. The molecule has 0 N–H and O–H groups in total. The van der Waals surface area contributed by atoms with E-state index in [1.807, 2.05) is 0 Å². The fourth-order valence-electron chi connectivity index (χ4n) is 2.32. The van der Waals surface area contributed by atoms with E-state index >= 15 is 0 Å². The molecule has 0 aromatic rings. The summed E-state index contributed by atoms with van der Waals surface area (Å²) in [5.74, 6) is 0.570. The fraction of sp³-hybridized carbons (Fsp3) is 1.00. The molecule has 0 atom stereocenters. The molecule has 1 nitrogen and oxygen atoms in total. The molecule has 1 saturated carbocycles. The van der Waals surface area contributed by atoms with Gasteiger partial charge in [0.25, 0.3) is 0 Å². The maximum absolute atomic E-state index is 12.2. The summed E-state index contributed by atoms with van der Waals surface area (Å²) >= 11 is 0. The Balaban J connectivity index is 0. The van der Waals surface area contributed by atoms with Crippen molar-refractivity contribution in [3.63, 3.8) is 0 Å². The van der Waals surface area contributed by atoms with Crippen LogP contribution < -0.4 is 22.1 Å². The van der Waals surface area contributed by atoms with Crippen LogP contribution in [0.1, 0.15) is 58.8 Å². The molecular weight excluding hydrogens is 252 g/mol. The average Bonchev–Trinajstić information content (AvgIpc) is 2.12.